The lowest BCUT2D eigenvalue weighted by molar-refractivity contribution is -0.141. The van der Waals surface area contributed by atoms with Gasteiger partial charge in [0.15, 0.2) is 0 Å². The highest BCUT2D eigenvalue weighted by Crippen LogP contribution is 2.39. The first-order chi connectivity index (χ1) is 8.45. The fourth-order valence-corrected chi connectivity index (χ4v) is 2.53. The third-order valence-electron chi connectivity index (χ3n) is 4.35. The molecule has 0 aromatic rings. The lowest BCUT2D eigenvalue weighted by Crippen LogP contribution is -2.38. The van der Waals surface area contributed by atoms with Gasteiger partial charge in [-0.15, -0.1) is 0 Å². The number of carbonyl (C=O) groups is 2. The maximum absolute atomic E-state index is 12.4. The standard InChI is InChI=1S/C14H22N2O2/c1-10(2)14(3)8-12(17)16(13(14)18)9-11-4-6-15-7-5-11/h4,10,15H,5-9H2,1-3H3. The van der Waals surface area contributed by atoms with Gasteiger partial charge in [0.1, 0.15) is 0 Å². The predicted octanol–water partition coefficient (Wildman–Crippen LogP) is 1.33. The summed E-state index contributed by atoms with van der Waals surface area (Å²) in [6.45, 7) is 8.20. The molecule has 1 N–H and O–H groups in total. The van der Waals surface area contributed by atoms with E-state index in [1.807, 2.05) is 20.8 Å². The van der Waals surface area contributed by atoms with E-state index in [1.54, 1.807) is 0 Å². The van der Waals surface area contributed by atoms with Crippen molar-refractivity contribution in [3.05, 3.63) is 11.6 Å². The first-order valence-corrected chi connectivity index (χ1v) is 6.68. The van der Waals surface area contributed by atoms with Gasteiger partial charge in [0.25, 0.3) is 0 Å². The van der Waals surface area contributed by atoms with Crippen LogP contribution in [-0.2, 0) is 9.59 Å². The zero-order valence-electron chi connectivity index (χ0n) is 11.5. The van der Waals surface area contributed by atoms with Crippen molar-refractivity contribution in [1.82, 2.24) is 10.2 Å². The van der Waals surface area contributed by atoms with Crippen molar-refractivity contribution in [3.63, 3.8) is 0 Å². The Bertz CT molecular complexity index is 401. The Morgan fingerprint density at radius 1 is 1.44 bits per heavy atom. The van der Waals surface area contributed by atoms with Crippen molar-refractivity contribution in [3.8, 4) is 0 Å². The fraction of sp³-hybridized carbons (Fsp3) is 0.714. The van der Waals surface area contributed by atoms with Gasteiger partial charge < -0.3 is 5.32 Å². The second-order valence-electron chi connectivity index (χ2n) is 5.85. The summed E-state index contributed by atoms with van der Waals surface area (Å²) in [4.78, 5) is 25.9. The average Bonchev–Trinajstić information content (AvgIpc) is 2.56. The van der Waals surface area contributed by atoms with Crippen LogP contribution in [0, 0.1) is 11.3 Å². The highest BCUT2D eigenvalue weighted by molar-refractivity contribution is 6.06. The number of carbonyl (C=O) groups excluding carboxylic acids is 2. The molecule has 0 aromatic carbocycles. The van der Waals surface area contributed by atoms with Crippen LogP contribution < -0.4 is 5.32 Å². The molecule has 2 aliphatic rings. The third kappa shape index (κ3) is 2.21. The molecule has 2 aliphatic heterocycles. The minimum Gasteiger partial charge on any atom is -0.313 e. The summed E-state index contributed by atoms with van der Waals surface area (Å²) in [7, 11) is 0. The zero-order chi connectivity index (χ0) is 13.3. The molecule has 1 saturated heterocycles. The molecule has 2 heterocycles. The van der Waals surface area contributed by atoms with E-state index in [2.05, 4.69) is 11.4 Å². The molecule has 2 amide bonds. The smallest absolute Gasteiger partial charge is 0.236 e. The second-order valence-corrected chi connectivity index (χ2v) is 5.85. The Labute approximate surface area is 108 Å². The van der Waals surface area contributed by atoms with Crippen LogP contribution in [0.3, 0.4) is 0 Å². The molecular formula is C14H22N2O2. The van der Waals surface area contributed by atoms with Gasteiger partial charge in [0, 0.05) is 19.5 Å². The van der Waals surface area contributed by atoms with Gasteiger partial charge in [-0.25, -0.2) is 0 Å². The molecule has 1 fully saturated rings. The van der Waals surface area contributed by atoms with Crippen LogP contribution in [0.1, 0.15) is 33.6 Å². The number of imide groups is 1. The van der Waals surface area contributed by atoms with Crippen molar-refractivity contribution in [1.29, 1.82) is 0 Å². The molecule has 0 spiro atoms. The Kier molecular flexibility index (Phi) is 3.57. The molecule has 4 nitrogen and oxygen atoms in total. The van der Waals surface area contributed by atoms with Crippen LogP contribution in [0.15, 0.2) is 11.6 Å². The number of rotatable bonds is 3. The van der Waals surface area contributed by atoms with Gasteiger partial charge in [0.2, 0.25) is 11.8 Å². The lowest BCUT2D eigenvalue weighted by Gasteiger charge is -2.26. The van der Waals surface area contributed by atoms with Crippen molar-refractivity contribution in [2.24, 2.45) is 11.3 Å². The number of amides is 2. The van der Waals surface area contributed by atoms with Crippen molar-refractivity contribution >= 4 is 11.8 Å². The quantitative estimate of drug-likeness (QED) is 0.607. The van der Waals surface area contributed by atoms with E-state index in [1.165, 1.54) is 10.5 Å². The number of likely N-dealkylation sites (tertiary alicyclic amines) is 1. The Hall–Kier alpha value is -1.16. The summed E-state index contributed by atoms with van der Waals surface area (Å²) in [5.41, 5.74) is 0.688. The van der Waals surface area contributed by atoms with Crippen LogP contribution in [0.4, 0.5) is 0 Å². The molecule has 1 unspecified atom stereocenters. The molecule has 100 valence electrons. The summed E-state index contributed by atoms with van der Waals surface area (Å²) in [5, 5.41) is 3.23. The Balaban J connectivity index is 2.12. The number of hydrogen-bond acceptors (Lipinski definition) is 3. The first kappa shape index (κ1) is 13.3. The van der Waals surface area contributed by atoms with Gasteiger partial charge >= 0.3 is 0 Å². The van der Waals surface area contributed by atoms with E-state index in [-0.39, 0.29) is 17.7 Å². The minimum absolute atomic E-state index is 0.00179. The average molecular weight is 250 g/mol. The Morgan fingerprint density at radius 2 is 2.17 bits per heavy atom. The van der Waals surface area contributed by atoms with Crippen molar-refractivity contribution in [2.45, 2.75) is 33.6 Å². The fourth-order valence-electron chi connectivity index (χ4n) is 2.53. The van der Waals surface area contributed by atoms with E-state index in [0.29, 0.717) is 13.0 Å². The van der Waals surface area contributed by atoms with Crippen LogP contribution >= 0.6 is 0 Å². The summed E-state index contributed by atoms with van der Waals surface area (Å²) in [5.74, 6) is 0.179. The van der Waals surface area contributed by atoms with E-state index in [0.717, 1.165) is 19.5 Å². The molecule has 0 bridgehead atoms. The molecule has 2 rings (SSSR count). The summed E-state index contributed by atoms with van der Waals surface area (Å²) in [6, 6.07) is 0. The molecule has 18 heavy (non-hydrogen) atoms. The van der Waals surface area contributed by atoms with E-state index in [9.17, 15) is 9.59 Å². The highest BCUT2D eigenvalue weighted by atomic mass is 16.2. The van der Waals surface area contributed by atoms with Gasteiger partial charge in [-0.1, -0.05) is 25.5 Å². The maximum atomic E-state index is 12.4. The largest absolute Gasteiger partial charge is 0.313 e. The van der Waals surface area contributed by atoms with Crippen LogP contribution in [-0.4, -0.2) is 36.3 Å². The van der Waals surface area contributed by atoms with Gasteiger partial charge in [-0.3, -0.25) is 14.5 Å². The van der Waals surface area contributed by atoms with Crippen molar-refractivity contribution < 1.29 is 9.59 Å². The van der Waals surface area contributed by atoms with E-state index < -0.39 is 5.41 Å². The molecule has 0 aliphatic carbocycles. The summed E-state index contributed by atoms with van der Waals surface area (Å²) >= 11 is 0. The van der Waals surface area contributed by atoms with E-state index in [4.69, 9.17) is 0 Å². The summed E-state index contributed by atoms with van der Waals surface area (Å²) in [6.07, 6.45) is 3.37. The van der Waals surface area contributed by atoms with Gasteiger partial charge in [0.05, 0.1) is 5.41 Å². The summed E-state index contributed by atoms with van der Waals surface area (Å²) < 4.78 is 0. The van der Waals surface area contributed by atoms with E-state index >= 15 is 0 Å². The number of nitrogens with zero attached hydrogens (tertiary/aromatic N) is 1. The topological polar surface area (TPSA) is 49.4 Å². The SMILES string of the molecule is CC(C)C1(C)CC(=O)N(CC2=CCNCC2)C1=O. The minimum atomic E-state index is -0.509. The number of hydrogen-bond donors (Lipinski definition) is 1. The molecule has 0 saturated carbocycles. The predicted molar refractivity (Wildman–Crippen MR) is 69.9 cm³/mol. The highest BCUT2D eigenvalue weighted by Gasteiger charge is 2.49. The molecule has 0 radical (unpaired) electrons. The molecule has 0 aromatic heterocycles. The molecule has 1 atom stereocenters. The zero-order valence-corrected chi connectivity index (χ0v) is 11.5. The van der Waals surface area contributed by atoms with Crippen molar-refractivity contribution in [2.75, 3.05) is 19.6 Å². The second kappa shape index (κ2) is 4.84. The third-order valence-corrected chi connectivity index (χ3v) is 4.35. The maximum Gasteiger partial charge on any atom is 0.236 e. The normalized spacial score (nSPS) is 29.1. The van der Waals surface area contributed by atoms with Crippen LogP contribution in [0.25, 0.3) is 0 Å². The first-order valence-electron chi connectivity index (χ1n) is 6.68. The van der Waals surface area contributed by atoms with Gasteiger partial charge in [-0.2, -0.15) is 0 Å². The van der Waals surface area contributed by atoms with Gasteiger partial charge in [-0.05, 0) is 25.8 Å². The van der Waals surface area contributed by atoms with Crippen LogP contribution in [0.2, 0.25) is 0 Å². The molecule has 4 heteroatoms. The molecular weight excluding hydrogens is 228 g/mol. The van der Waals surface area contributed by atoms with Crippen LogP contribution in [0.5, 0.6) is 0 Å². The Morgan fingerprint density at radius 3 is 2.67 bits per heavy atom. The monoisotopic (exact) mass is 250 g/mol. The number of nitrogens with one attached hydrogen (secondary N) is 1. The lowest BCUT2D eigenvalue weighted by atomic mass is 9.78.